The second kappa shape index (κ2) is 8.91. The van der Waals surface area contributed by atoms with Gasteiger partial charge in [0.15, 0.2) is 15.0 Å². The number of nitrogens with one attached hydrogen (secondary N) is 1. The van der Waals surface area contributed by atoms with Gasteiger partial charge in [-0.05, 0) is 19.1 Å². The first kappa shape index (κ1) is 22.8. The summed E-state index contributed by atoms with van der Waals surface area (Å²) in [5.74, 6) is -3.29. The van der Waals surface area contributed by atoms with Crippen LogP contribution in [0.5, 0.6) is 0 Å². The highest BCUT2D eigenvalue weighted by molar-refractivity contribution is 7.92. The van der Waals surface area contributed by atoms with Crippen LogP contribution in [-0.2, 0) is 14.6 Å². The van der Waals surface area contributed by atoms with Gasteiger partial charge < -0.3 is 4.90 Å². The Balaban J connectivity index is 2.18. The lowest BCUT2D eigenvalue weighted by atomic mass is 10.3. The third kappa shape index (κ3) is 6.26. The molecule has 0 aliphatic rings. The Morgan fingerprint density at radius 1 is 1.38 bits per heavy atom. The van der Waals surface area contributed by atoms with Crippen molar-refractivity contribution in [3.63, 3.8) is 0 Å². The quantitative estimate of drug-likeness (QED) is 0.620. The third-order valence-corrected chi connectivity index (χ3v) is 5.56. The van der Waals surface area contributed by atoms with Crippen LogP contribution >= 0.6 is 11.6 Å². The largest absolute Gasteiger partial charge is 0.390 e. The normalized spacial score (nSPS) is 12.0. The molecule has 8 nitrogen and oxygen atoms in total. The molecule has 13 heteroatoms. The lowest BCUT2D eigenvalue weighted by Gasteiger charge is -2.20. The Labute approximate surface area is 169 Å². The zero-order chi connectivity index (χ0) is 21.8. The van der Waals surface area contributed by atoms with Gasteiger partial charge >= 0.3 is 6.18 Å². The van der Waals surface area contributed by atoms with Crippen molar-refractivity contribution in [2.75, 3.05) is 23.0 Å². The number of pyridine rings is 1. The van der Waals surface area contributed by atoms with Gasteiger partial charge in [-0.3, -0.25) is 15.2 Å². The molecule has 0 saturated heterocycles. The molecule has 1 N–H and O–H groups in total. The van der Waals surface area contributed by atoms with Gasteiger partial charge in [-0.2, -0.15) is 18.3 Å². The number of hydrogen-bond acceptors (Lipinski definition) is 6. The molecule has 0 radical (unpaired) electrons. The summed E-state index contributed by atoms with van der Waals surface area (Å²) in [4.78, 5) is 17.5. The van der Waals surface area contributed by atoms with Gasteiger partial charge in [-0.15, -0.1) is 0 Å². The zero-order valence-corrected chi connectivity index (χ0v) is 16.7. The maximum Gasteiger partial charge on any atom is 0.390 e. The minimum atomic E-state index is -4.65. The second-order valence-corrected chi connectivity index (χ2v) is 8.49. The summed E-state index contributed by atoms with van der Waals surface area (Å²) < 4.78 is 61.8. The van der Waals surface area contributed by atoms with Crippen molar-refractivity contribution in [1.29, 1.82) is 5.41 Å². The molecule has 0 unspecified atom stereocenters. The molecule has 158 valence electrons. The van der Waals surface area contributed by atoms with E-state index in [-0.39, 0.29) is 17.4 Å². The van der Waals surface area contributed by atoms with Gasteiger partial charge in [0.05, 0.1) is 36.0 Å². The molecule has 2 heterocycles. The first-order valence-corrected chi connectivity index (χ1v) is 10.5. The van der Waals surface area contributed by atoms with E-state index < -0.39 is 45.6 Å². The van der Waals surface area contributed by atoms with E-state index in [1.807, 2.05) is 0 Å². The van der Waals surface area contributed by atoms with Crippen LogP contribution in [0.25, 0.3) is 5.69 Å². The van der Waals surface area contributed by atoms with Crippen LogP contribution in [0.1, 0.15) is 13.3 Å². The fourth-order valence-corrected chi connectivity index (χ4v) is 3.84. The molecule has 0 aromatic carbocycles. The number of amides is 1. The van der Waals surface area contributed by atoms with E-state index in [0.29, 0.717) is 5.69 Å². The van der Waals surface area contributed by atoms with Crippen LogP contribution in [0.3, 0.4) is 0 Å². The fourth-order valence-electron chi connectivity index (χ4n) is 2.36. The van der Waals surface area contributed by atoms with Crippen molar-refractivity contribution in [2.24, 2.45) is 0 Å². The van der Waals surface area contributed by atoms with Crippen LogP contribution in [0.2, 0.25) is 5.15 Å². The molecule has 0 fully saturated rings. The molecule has 0 aliphatic carbocycles. The van der Waals surface area contributed by atoms with Crippen molar-refractivity contribution < 1.29 is 26.4 Å². The molecule has 2 aromatic heterocycles. The smallest absolute Gasteiger partial charge is 0.303 e. The van der Waals surface area contributed by atoms with Crippen LogP contribution in [0.15, 0.2) is 30.7 Å². The van der Waals surface area contributed by atoms with E-state index >= 15 is 0 Å². The SMILES string of the molecule is CCN(C(=O)C(=N)CS(=O)(=O)CCC(F)(F)F)c1cn(-c2cccnc2)nc1Cl. The van der Waals surface area contributed by atoms with E-state index in [0.717, 1.165) is 4.90 Å². The first-order valence-electron chi connectivity index (χ1n) is 8.25. The van der Waals surface area contributed by atoms with Crippen molar-refractivity contribution >= 4 is 38.7 Å². The molecular formula is C16H17ClF3N5O3S. The number of carbonyl (C=O) groups is 1. The minimum Gasteiger partial charge on any atom is -0.303 e. The Morgan fingerprint density at radius 2 is 2.07 bits per heavy atom. The Kier molecular flexibility index (Phi) is 7.01. The molecule has 0 aliphatic heterocycles. The summed E-state index contributed by atoms with van der Waals surface area (Å²) in [5, 5.41) is 11.8. The van der Waals surface area contributed by atoms with Crippen molar-refractivity contribution in [3.8, 4) is 5.69 Å². The van der Waals surface area contributed by atoms with Crippen LogP contribution in [0, 0.1) is 5.41 Å². The summed E-state index contributed by atoms with van der Waals surface area (Å²) in [7, 11) is -4.28. The molecule has 29 heavy (non-hydrogen) atoms. The average Bonchev–Trinajstić information content (AvgIpc) is 3.02. The highest BCUT2D eigenvalue weighted by Gasteiger charge is 2.32. The van der Waals surface area contributed by atoms with Crippen LogP contribution < -0.4 is 4.90 Å². The van der Waals surface area contributed by atoms with E-state index in [2.05, 4.69) is 10.1 Å². The van der Waals surface area contributed by atoms with Gasteiger partial charge in [0.1, 0.15) is 11.4 Å². The lowest BCUT2D eigenvalue weighted by Crippen LogP contribution is -2.39. The fraction of sp³-hybridized carbons (Fsp3) is 0.375. The standard InChI is InChI=1S/C16H17ClF3N5O3S/c1-2-24(13-9-25(23-14(13)17)11-4-3-6-22-8-11)15(26)12(21)10-29(27,28)7-5-16(18,19)20/h3-4,6,8-9,21H,2,5,7,10H2,1H3. The summed E-state index contributed by atoms with van der Waals surface area (Å²) in [5.41, 5.74) is -0.186. The Hall–Kier alpha value is -2.47. The topological polar surface area (TPSA) is 109 Å². The van der Waals surface area contributed by atoms with Crippen LogP contribution in [-0.4, -0.2) is 59.0 Å². The maximum absolute atomic E-state index is 12.6. The summed E-state index contributed by atoms with van der Waals surface area (Å²) in [6.45, 7) is 1.60. The molecule has 1 amide bonds. The van der Waals surface area contributed by atoms with Crippen molar-refractivity contribution in [2.45, 2.75) is 19.5 Å². The van der Waals surface area contributed by atoms with E-state index in [1.165, 1.54) is 17.1 Å². The number of carbonyl (C=O) groups excluding carboxylic acids is 1. The molecule has 0 atom stereocenters. The second-order valence-electron chi connectivity index (χ2n) is 5.95. The molecule has 0 spiro atoms. The Bertz CT molecular complexity index is 993. The highest BCUT2D eigenvalue weighted by Crippen LogP contribution is 2.26. The molecule has 0 bridgehead atoms. The first-order chi connectivity index (χ1) is 13.4. The predicted molar refractivity (Wildman–Crippen MR) is 101 cm³/mol. The van der Waals surface area contributed by atoms with Gasteiger partial charge in [-0.25, -0.2) is 13.1 Å². The number of halogens is 4. The lowest BCUT2D eigenvalue weighted by molar-refractivity contribution is -0.129. The number of rotatable bonds is 8. The summed E-state index contributed by atoms with van der Waals surface area (Å²) in [6.07, 6.45) is -1.73. The Morgan fingerprint density at radius 3 is 2.62 bits per heavy atom. The molecular weight excluding hydrogens is 435 g/mol. The van der Waals surface area contributed by atoms with Gasteiger partial charge in [0, 0.05) is 12.7 Å². The van der Waals surface area contributed by atoms with E-state index in [9.17, 15) is 26.4 Å². The molecule has 2 aromatic rings. The van der Waals surface area contributed by atoms with Gasteiger partial charge in [-0.1, -0.05) is 11.6 Å². The number of alkyl halides is 3. The molecule has 2 rings (SSSR count). The maximum atomic E-state index is 12.6. The van der Waals surface area contributed by atoms with Crippen LogP contribution in [0.4, 0.5) is 18.9 Å². The number of hydrogen-bond donors (Lipinski definition) is 1. The monoisotopic (exact) mass is 451 g/mol. The number of sulfone groups is 1. The number of anilines is 1. The highest BCUT2D eigenvalue weighted by atomic mass is 35.5. The van der Waals surface area contributed by atoms with Crippen molar-refractivity contribution in [3.05, 3.63) is 35.9 Å². The third-order valence-electron chi connectivity index (χ3n) is 3.73. The van der Waals surface area contributed by atoms with E-state index in [4.69, 9.17) is 17.0 Å². The zero-order valence-electron chi connectivity index (χ0n) is 15.1. The minimum absolute atomic E-state index is 0.0300. The van der Waals surface area contributed by atoms with Gasteiger partial charge in [0.2, 0.25) is 0 Å². The summed E-state index contributed by atoms with van der Waals surface area (Å²) in [6, 6.07) is 3.35. The number of aromatic nitrogens is 3. The number of nitrogens with zero attached hydrogens (tertiary/aromatic N) is 4. The van der Waals surface area contributed by atoms with E-state index in [1.54, 1.807) is 25.3 Å². The predicted octanol–water partition coefficient (Wildman–Crippen LogP) is 2.66. The van der Waals surface area contributed by atoms with Gasteiger partial charge in [0.25, 0.3) is 5.91 Å². The average molecular weight is 452 g/mol. The van der Waals surface area contributed by atoms with Crippen molar-refractivity contribution in [1.82, 2.24) is 14.8 Å². The summed E-state index contributed by atoms with van der Waals surface area (Å²) >= 11 is 6.09. The molecule has 0 saturated carbocycles.